The number of ketones is 2. The lowest BCUT2D eigenvalue weighted by Crippen LogP contribution is -2.58. The summed E-state index contributed by atoms with van der Waals surface area (Å²) in [5.41, 5.74) is -1.18. The topological polar surface area (TPSA) is 175 Å². The lowest BCUT2D eigenvalue weighted by molar-refractivity contribution is -0.294. The molecule has 308 valence electrons. The van der Waals surface area contributed by atoms with Gasteiger partial charge < -0.3 is 47.5 Å². The Hall–Kier alpha value is -2.53. The van der Waals surface area contributed by atoms with Gasteiger partial charge >= 0.3 is 17.9 Å². The minimum absolute atomic E-state index is 0.0921. The Balaban J connectivity index is 1.82. The molecule has 0 saturated carbocycles. The van der Waals surface area contributed by atoms with Crippen molar-refractivity contribution in [2.75, 3.05) is 27.8 Å². The highest BCUT2D eigenvalue weighted by Gasteiger charge is 2.58. The van der Waals surface area contributed by atoms with E-state index in [1.54, 1.807) is 34.6 Å². The second-order valence-electron chi connectivity index (χ2n) is 16.3. The number of rotatable bonds is 8. The second-order valence-corrected chi connectivity index (χ2v) is 16.3. The summed E-state index contributed by atoms with van der Waals surface area (Å²) in [4.78, 5) is 68.0. The molecule has 4 saturated heterocycles. The number of carbonyl (C=O) groups excluding carboxylic acids is 5. The number of carbonyl (C=O) groups is 5. The normalized spacial score (nSPS) is 44.0. The van der Waals surface area contributed by atoms with Gasteiger partial charge in [0.2, 0.25) is 0 Å². The van der Waals surface area contributed by atoms with Crippen molar-refractivity contribution in [1.82, 2.24) is 4.90 Å². The van der Waals surface area contributed by atoms with E-state index in [-0.39, 0.29) is 43.2 Å². The summed E-state index contributed by atoms with van der Waals surface area (Å²) in [5, 5.41) is 0. The molecule has 4 heterocycles. The molecule has 0 aromatic rings. The molecule has 0 amide bonds. The Morgan fingerprint density at radius 1 is 0.778 bits per heavy atom. The number of epoxide rings is 1. The molecule has 0 N–H and O–H groups in total. The van der Waals surface area contributed by atoms with E-state index < -0.39 is 108 Å². The molecule has 17 atom stereocenters. The standard InChI is InChI=1S/C39H63NO14/c1-18-16-39(17-47-39)36(44)22(5)33(51-26(9)41)20(3)24(7)50-37(45)23(6)34(53-30-15-29(46-13)31(43)25(8)49-30)21(4)32(18)54-38-35(52-27(10)42)28(40(11)12)14-19(2)48-38/h18-25,28-30,32-35,38H,14-17H2,1-13H3/t18-,19+,20-,21+,22+,23-,24+,25+,28-,29+,30-,32-,33-,34-,35+,38-,39+/m0/s1. The first-order valence-corrected chi connectivity index (χ1v) is 19.3. The Labute approximate surface area is 319 Å². The summed E-state index contributed by atoms with van der Waals surface area (Å²) in [7, 11) is 5.24. The van der Waals surface area contributed by atoms with E-state index >= 15 is 0 Å². The SMILES string of the molecule is CO[C@@H]1C[C@H](O[C@H]2[C@H](C)[C@@H](O[C@@H]3O[C@H](C)C[C@H](N(C)C)[C@H]3OC(C)=O)[C@@H](C)C[C@@]3(CO3)C(=O)[C@H](C)[C@@H](OC(C)=O)[C@@H](C)[C@@H](C)OC(=O)[C@H]2C)O[C@H](C)C1=O. The molecule has 4 rings (SSSR count). The zero-order valence-electron chi connectivity index (χ0n) is 34.2. The number of Topliss-reactive ketones (excluding diaryl/α,β-unsaturated/α-hetero) is 2. The van der Waals surface area contributed by atoms with E-state index in [1.807, 2.05) is 39.8 Å². The summed E-state index contributed by atoms with van der Waals surface area (Å²) in [5.74, 6) is -5.39. The van der Waals surface area contributed by atoms with Crippen LogP contribution in [0.25, 0.3) is 0 Å². The molecular weight excluding hydrogens is 706 g/mol. The lowest BCUT2D eigenvalue weighted by Gasteiger charge is -2.46. The summed E-state index contributed by atoms with van der Waals surface area (Å²) in [6.45, 7) is 17.0. The van der Waals surface area contributed by atoms with Crippen LogP contribution in [0.1, 0.15) is 88.5 Å². The first kappa shape index (κ1) is 44.2. The van der Waals surface area contributed by atoms with Crippen LogP contribution in [-0.4, -0.2) is 135 Å². The van der Waals surface area contributed by atoms with Gasteiger partial charge in [0.25, 0.3) is 0 Å². The van der Waals surface area contributed by atoms with Crippen molar-refractivity contribution in [3.63, 3.8) is 0 Å². The fourth-order valence-electron chi connectivity index (χ4n) is 8.45. The number of cyclic esters (lactones) is 1. The van der Waals surface area contributed by atoms with Crippen LogP contribution >= 0.6 is 0 Å². The number of likely N-dealkylation sites (N-methyl/N-ethyl adjacent to an activating group) is 1. The molecule has 15 nitrogen and oxygen atoms in total. The summed E-state index contributed by atoms with van der Waals surface area (Å²) in [6, 6.07) is -0.240. The van der Waals surface area contributed by atoms with Crippen molar-refractivity contribution < 1.29 is 66.6 Å². The van der Waals surface area contributed by atoms with Crippen molar-refractivity contribution in [2.45, 2.75) is 162 Å². The Morgan fingerprint density at radius 2 is 1.39 bits per heavy atom. The van der Waals surface area contributed by atoms with Crippen LogP contribution in [0.5, 0.6) is 0 Å². The number of nitrogens with zero attached hydrogens (tertiary/aromatic N) is 1. The molecule has 0 aromatic heterocycles. The van der Waals surface area contributed by atoms with Crippen LogP contribution in [0.3, 0.4) is 0 Å². The fraction of sp³-hybridized carbons (Fsp3) is 0.872. The minimum atomic E-state index is -1.18. The van der Waals surface area contributed by atoms with Gasteiger partial charge in [-0.05, 0) is 60.5 Å². The average Bonchev–Trinajstić information content (AvgIpc) is 3.88. The Bertz CT molecular complexity index is 1350. The fourth-order valence-corrected chi connectivity index (χ4v) is 8.45. The molecule has 4 aliphatic heterocycles. The maximum absolute atomic E-state index is 14.3. The van der Waals surface area contributed by atoms with Crippen molar-refractivity contribution in [2.24, 2.45) is 29.6 Å². The molecule has 1 spiro atoms. The first-order chi connectivity index (χ1) is 25.2. The largest absolute Gasteiger partial charge is 0.462 e. The first-order valence-electron chi connectivity index (χ1n) is 19.3. The Kier molecular flexibility index (Phi) is 14.9. The molecule has 54 heavy (non-hydrogen) atoms. The number of ether oxygens (including phenoxy) is 9. The summed E-state index contributed by atoms with van der Waals surface area (Å²) in [6.07, 6.45) is -7.11. The van der Waals surface area contributed by atoms with Gasteiger partial charge in [0.1, 0.15) is 24.4 Å². The predicted molar refractivity (Wildman–Crippen MR) is 192 cm³/mol. The van der Waals surface area contributed by atoms with Crippen LogP contribution in [0.15, 0.2) is 0 Å². The summed E-state index contributed by atoms with van der Waals surface area (Å²) >= 11 is 0. The highest BCUT2D eigenvalue weighted by molar-refractivity contribution is 5.92. The third-order valence-electron chi connectivity index (χ3n) is 11.7. The molecule has 0 radical (unpaired) electrons. The van der Waals surface area contributed by atoms with Crippen molar-refractivity contribution >= 4 is 29.5 Å². The quantitative estimate of drug-likeness (QED) is 0.200. The van der Waals surface area contributed by atoms with Crippen molar-refractivity contribution in [3.8, 4) is 0 Å². The van der Waals surface area contributed by atoms with E-state index in [2.05, 4.69) is 0 Å². The van der Waals surface area contributed by atoms with Crippen LogP contribution in [0.2, 0.25) is 0 Å². The van der Waals surface area contributed by atoms with Crippen LogP contribution in [0, 0.1) is 29.6 Å². The van der Waals surface area contributed by atoms with Gasteiger partial charge in [0, 0.05) is 39.2 Å². The van der Waals surface area contributed by atoms with Crippen LogP contribution in [-0.2, 0) is 66.6 Å². The highest BCUT2D eigenvalue weighted by Crippen LogP contribution is 2.44. The van der Waals surface area contributed by atoms with E-state index in [9.17, 15) is 24.0 Å². The maximum Gasteiger partial charge on any atom is 0.311 e. The average molecular weight is 770 g/mol. The van der Waals surface area contributed by atoms with Gasteiger partial charge in [0.15, 0.2) is 35.9 Å². The second kappa shape index (κ2) is 18.2. The van der Waals surface area contributed by atoms with Gasteiger partial charge in [-0.25, -0.2) is 0 Å². The van der Waals surface area contributed by atoms with Crippen LogP contribution in [0.4, 0.5) is 0 Å². The van der Waals surface area contributed by atoms with E-state index in [0.717, 1.165) is 0 Å². The molecule has 0 bridgehead atoms. The van der Waals surface area contributed by atoms with Gasteiger partial charge in [-0.3, -0.25) is 24.0 Å². The van der Waals surface area contributed by atoms with Crippen molar-refractivity contribution in [1.29, 1.82) is 0 Å². The third-order valence-corrected chi connectivity index (χ3v) is 11.7. The Morgan fingerprint density at radius 3 is 1.94 bits per heavy atom. The molecule has 0 aliphatic carbocycles. The van der Waals surface area contributed by atoms with E-state index in [0.29, 0.717) is 6.42 Å². The van der Waals surface area contributed by atoms with E-state index in [1.165, 1.54) is 21.0 Å². The summed E-state index contributed by atoms with van der Waals surface area (Å²) < 4.78 is 55.1. The monoisotopic (exact) mass is 769 g/mol. The smallest absolute Gasteiger partial charge is 0.311 e. The number of methoxy groups -OCH3 is 1. The molecule has 4 fully saturated rings. The predicted octanol–water partition coefficient (Wildman–Crippen LogP) is 3.26. The maximum atomic E-state index is 14.3. The lowest BCUT2D eigenvalue weighted by atomic mass is 9.76. The van der Waals surface area contributed by atoms with Crippen LogP contribution < -0.4 is 0 Å². The molecule has 0 aromatic carbocycles. The molecule has 4 aliphatic rings. The van der Waals surface area contributed by atoms with E-state index in [4.69, 9.17) is 42.6 Å². The number of hydrogen-bond donors (Lipinski definition) is 0. The minimum Gasteiger partial charge on any atom is -0.462 e. The van der Waals surface area contributed by atoms with Crippen molar-refractivity contribution in [3.05, 3.63) is 0 Å². The van der Waals surface area contributed by atoms with Gasteiger partial charge in [0.05, 0.1) is 42.8 Å². The number of hydrogen-bond acceptors (Lipinski definition) is 15. The molecular formula is C39H63NO14. The molecule has 15 heteroatoms. The number of esters is 3. The zero-order chi connectivity index (χ0) is 40.4. The van der Waals surface area contributed by atoms with Gasteiger partial charge in [-0.2, -0.15) is 0 Å². The van der Waals surface area contributed by atoms with Gasteiger partial charge in [-0.15, -0.1) is 0 Å². The third kappa shape index (κ3) is 10.1. The van der Waals surface area contributed by atoms with Gasteiger partial charge in [-0.1, -0.05) is 27.7 Å². The molecule has 0 unspecified atom stereocenters. The highest BCUT2D eigenvalue weighted by atomic mass is 16.7. The zero-order valence-corrected chi connectivity index (χ0v) is 34.2.